The van der Waals surface area contributed by atoms with Crippen molar-refractivity contribution in [2.45, 2.75) is 57.5 Å². The first-order valence-corrected chi connectivity index (χ1v) is 7.76. The first-order chi connectivity index (χ1) is 8.79. The van der Waals surface area contributed by atoms with Crippen molar-refractivity contribution in [3.05, 3.63) is 0 Å². The van der Waals surface area contributed by atoms with Gasteiger partial charge in [0.2, 0.25) is 0 Å². The molecule has 0 spiro atoms. The van der Waals surface area contributed by atoms with Crippen LogP contribution in [-0.2, 0) is 4.74 Å². The fraction of sp³-hybridized carbons (Fsp3) is 1.00. The lowest BCUT2D eigenvalue weighted by Crippen LogP contribution is -2.41. The van der Waals surface area contributed by atoms with Gasteiger partial charge in [-0.25, -0.2) is 0 Å². The van der Waals surface area contributed by atoms with E-state index in [-0.39, 0.29) is 0 Å². The Morgan fingerprint density at radius 1 is 1.17 bits per heavy atom. The minimum Gasteiger partial charge on any atom is -0.383 e. The molecule has 2 saturated carbocycles. The Kier molecular flexibility index (Phi) is 5.93. The maximum absolute atomic E-state index is 5.20. The molecule has 2 unspecified atom stereocenters. The average Bonchev–Trinajstić information content (AvgIpc) is 3.18. The Morgan fingerprint density at radius 3 is 2.67 bits per heavy atom. The highest BCUT2D eigenvalue weighted by Gasteiger charge is 2.28. The van der Waals surface area contributed by atoms with E-state index in [0.717, 1.165) is 37.7 Å². The molecule has 0 aromatic carbocycles. The van der Waals surface area contributed by atoms with E-state index >= 15 is 0 Å². The van der Waals surface area contributed by atoms with Crippen LogP contribution in [0.5, 0.6) is 0 Å². The lowest BCUT2D eigenvalue weighted by Gasteiger charge is -2.29. The zero-order valence-electron chi connectivity index (χ0n) is 12.2. The lowest BCUT2D eigenvalue weighted by molar-refractivity contribution is 0.142. The number of nitrogens with zero attached hydrogens (tertiary/aromatic N) is 1. The molecule has 2 atom stereocenters. The van der Waals surface area contributed by atoms with Gasteiger partial charge < -0.3 is 10.1 Å². The van der Waals surface area contributed by atoms with Crippen LogP contribution >= 0.6 is 0 Å². The van der Waals surface area contributed by atoms with Gasteiger partial charge in [-0.2, -0.15) is 0 Å². The third-order valence-corrected chi connectivity index (χ3v) is 4.41. The van der Waals surface area contributed by atoms with Crippen LogP contribution in [0.4, 0.5) is 0 Å². The van der Waals surface area contributed by atoms with Gasteiger partial charge in [-0.15, -0.1) is 0 Å². The van der Waals surface area contributed by atoms with Gasteiger partial charge in [0.15, 0.2) is 0 Å². The van der Waals surface area contributed by atoms with Crippen molar-refractivity contribution in [3.63, 3.8) is 0 Å². The lowest BCUT2D eigenvalue weighted by atomic mass is 9.87. The molecule has 3 heteroatoms. The molecule has 2 aliphatic rings. The van der Waals surface area contributed by atoms with Gasteiger partial charge in [-0.3, -0.25) is 4.90 Å². The first-order valence-electron chi connectivity index (χ1n) is 7.76. The second-order valence-electron chi connectivity index (χ2n) is 6.18. The van der Waals surface area contributed by atoms with Gasteiger partial charge in [0.1, 0.15) is 0 Å². The van der Waals surface area contributed by atoms with Crippen LogP contribution in [-0.4, -0.2) is 50.3 Å². The van der Waals surface area contributed by atoms with Gasteiger partial charge in [0, 0.05) is 38.8 Å². The molecule has 0 bridgehead atoms. The average molecular weight is 254 g/mol. The predicted octanol–water partition coefficient (Wildman–Crippen LogP) is 2.27. The standard InChI is InChI=1S/C15H30N2O/c1-13-4-3-5-14(12-13)16-8-9-17(10-11-18-2)15-6-7-15/h13-16H,3-12H2,1-2H3. The summed E-state index contributed by atoms with van der Waals surface area (Å²) in [6.45, 7) is 6.71. The van der Waals surface area contributed by atoms with Crippen LogP contribution in [0.1, 0.15) is 45.4 Å². The molecule has 2 rings (SSSR count). The maximum Gasteiger partial charge on any atom is 0.0589 e. The van der Waals surface area contributed by atoms with Crippen LogP contribution in [0.2, 0.25) is 0 Å². The highest BCUT2D eigenvalue weighted by molar-refractivity contribution is 4.85. The van der Waals surface area contributed by atoms with Gasteiger partial charge in [0.05, 0.1) is 6.61 Å². The predicted molar refractivity (Wildman–Crippen MR) is 75.9 cm³/mol. The van der Waals surface area contributed by atoms with Gasteiger partial charge in [-0.05, 0) is 31.6 Å². The zero-order chi connectivity index (χ0) is 12.8. The summed E-state index contributed by atoms with van der Waals surface area (Å²) in [5.41, 5.74) is 0. The molecular weight excluding hydrogens is 224 g/mol. The molecule has 0 saturated heterocycles. The van der Waals surface area contributed by atoms with E-state index < -0.39 is 0 Å². The molecule has 2 fully saturated rings. The number of rotatable bonds is 8. The molecule has 106 valence electrons. The van der Waals surface area contributed by atoms with Crippen LogP contribution in [0.15, 0.2) is 0 Å². The summed E-state index contributed by atoms with van der Waals surface area (Å²) in [6.07, 6.45) is 8.39. The molecule has 2 aliphatic carbocycles. The highest BCUT2D eigenvalue weighted by Crippen LogP contribution is 2.26. The van der Waals surface area contributed by atoms with Gasteiger partial charge in [0.25, 0.3) is 0 Å². The van der Waals surface area contributed by atoms with Crippen molar-refractivity contribution < 1.29 is 4.74 Å². The van der Waals surface area contributed by atoms with Crippen molar-refractivity contribution >= 4 is 0 Å². The second-order valence-corrected chi connectivity index (χ2v) is 6.18. The first kappa shape index (κ1) is 14.3. The molecular formula is C15H30N2O. The van der Waals surface area contributed by atoms with Crippen molar-refractivity contribution in [1.29, 1.82) is 0 Å². The Balaban J connectivity index is 1.60. The third-order valence-electron chi connectivity index (χ3n) is 4.41. The van der Waals surface area contributed by atoms with E-state index in [4.69, 9.17) is 4.74 Å². The molecule has 1 N–H and O–H groups in total. The summed E-state index contributed by atoms with van der Waals surface area (Å²) in [5, 5.41) is 3.76. The van der Waals surface area contributed by atoms with Crippen LogP contribution in [0.3, 0.4) is 0 Å². The van der Waals surface area contributed by atoms with Crippen LogP contribution in [0, 0.1) is 5.92 Å². The number of hydrogen-bond donors (Lipinski definition) is 1. The van der Waals surface area contributed by atoms with Gasteiger partial charge in [-0.1, -0.05) is 19.8 Å². The molecule has 0 aromatic rings. The SMILES string of the molecule is COCCN(CCNC1CCCC(C)C1)C1CC1. The summed E-state index contributed by atoms with van der Waals surface area (Å²) >= 11 is 0. The third kappa shape index (κ3) is 4.87. The van der Waals surface area contributed by atoms with Crippen molar-refractivity contribution in [2.24, 2.45) is 5.92 Å². The van der Waals surface area contributed by atoms with Crippen molar-refractivity contribution in [1.82, 2.24) is 10.2 Å². The Bertz CT molecular complexity index is 231. The Morgan fingerprint density at radius 2 is 2.00 bits per heavy atom. The molecule has 0 amide bonds. The summed E-state index contributed by atoms with van der Waals surface area (Å²) in [5.74, 6) is 0.921. The topological polar surface area (TPSA) is 24.5 Å². The number of nitrogens with one attached hydrogen (secondary N) is 1. The normalized spacial score (nSPS) is 28.8. The number of hydrogen-bond acceptors (Lipinski definition) is 3. The molecule has 3 nitrogen and oxygen atoms in total. The smallest absolute Gasteiger partial charge is 0.0589 e. The summed E-state index contributed by atoms with van der Waals surface area (Å²) in [7, 11) is 1.80. The Labute approximate surface area is 112 Å². The Hall–Kier alpha value is -0.120. The molecule has 18 heavy (non-hydrogen) atoms. The minimum atomic E-state index is 0.775. The van der Waals surface area contributed by atoms with E-state index in [1.807, 2.05) is 0 Å². The van der Waals surface area contributed by atoms with Crippen LogP contribution in [0.25, 0.3) is 0 Å². The number of methoxy groups -OCH3 is 1. The van der Waals surface area contributed by atoms with E-state index in [1.165, 1.54) is 45.1 Å². The largest absolute Gasteiger partial charge is 0.383 e. The van der Waals surface area contributed by atoms with E-state index in [1.54, 1.807) is 7.11 Å². The van der Waals surface area contributed by atoms with Crippen LogP contribution < -0.4 is 5.32 Å². The summed E-state index contributed by atoms with van der Waals surface area (Å²) in [4.78, 5) is 2.60. The van der Waals surface area contributed by atoms with Crippen molar-refractivity contribution in [2.75, 3.05) is 33.4 Å². The molecule has 0 radical (unpaired) electrons. The van der Waals surface area contributed by atoms with Crippen molar-refractivity contribution in [3.8, 4) is 0 Å². The molecule has 0 aliphatic heterocycles. The molecule has 0 aromatic heterocycles. The number of ether oxygens (including phenoxy) is 1. The van der Waals surface area contributed by atoms with Gasteiger partial charge >= 0.3 is 0 Å². The minimum absolute atomic E-state index is 0.775. The highest BCUT2D eigenvalue weighted by atomic mass is 16.5. The van der Waals surface area contributed by atoms with E-state index in [2.05, 4.69) is 17.1 Å². The maximum atomic E-state index is 5.20. The zero-order valence-corrected chi connectivity index (χ0v) is 12.2. The quantitative estimate of drug-likeness (QED) is 0.719. The fourth-order valence-electron chi connectivity index (χ4n) is 3.16. The molecule has 0 heterocycles. The van der Waals surface area contributed by atoms with E-state index in [9.17, 15) is 0 Å². The fourth-order valence-corrected chi connectivity index (χ4v) is 3.16. The summed E-state index contributed by atoms with van der Waals surface area (Å²) < 4.78 is 5.20. The van der Waals surface area contributed by atoms with E-state index in [0.29, 0.717) is 0 Å². The monoisotopic (exact) mass is 254 g/mol. The second kappa shape index (κ2) is 7.46. The summed E-state index contributed by atoms with van der Waals surface area (Å²) in [6, 6.07) is 1.63.